The molecular weight excluding hydrogens is 251 g/mol. The lowest BCUT2D eigenvalue weighted by atomic mass is 10.0. The number of hydrogen-bond donors (Lipinski definition) is 1. The molecule has 3 heteroatoms. The van der Waals surface area contributed by atoms with Crippen LogP contribution in [0.4, 0.5) is 15.8 Å². The summed E-state index contributed by atoms with van der Waals surface area (Å²) >= 11 is 0. The Kier molecular flexibility index (Phi) is 4.61. The summed E-state index contributed by atoms with van der Waals surface area (Å²) in [6.45, 7) is 2.09. The molecule has 20 heavy (non-hydrogen) atoms. The zero-order valence-corrected chi connectivity index (χ0v) is 12.2. The van der Waals surface area contributed by atoms with Gasteiger partial charge in [-0.3, -0.25) is 0 Å². The molecule has 0 aliphatic carbocycles. The second kappa shape index (κ2) is 6.42. The summed E-state index contributed by atoms with van der Waals surface area (Å²) in [4.78, 5) is 2.06. The SMILES string of the molecule is CCC(Nc1ccc(N(C)C)cc1)c1cccc(F)c1. The van der Waals surface area contributed by atoms with Crippen LogP contribution in [-0.2, 0) is 0 Å². The highest BCUT2D eigenvalue weighted by Gasteiger charge is 2.09. The summed E-state index contributed by atoms with van der Waals surface area (Å²) in [5.74, 6) is -0.189. The highest BCUT2D eigenvalue weighted by atomic mass is 19.1. The van der Waals surface area contributed by atoms with E-state index < -0.39 is 0 Å². The normalized spacial score (nSPS) is 12.0. The van der Waals surface area contributed by atoms with Crippen molar-refractivity contribution in [2.75, 3.05) is 24.3 Å². The molecule has 1 atom stereocenters. The van der Waals surface area contributed by atoms with Gasteiger partial charge in [-0.05, 0) is 48.4 Å². The van der Waals surface area contributed by atoms with Crippen LogP contribution in [0.25, 0.3) is 0 Å². The van der Waals surface area contributed by atoms with Gasteiger partial charge >= 0.3 is 0 Å². The van der Waals surface area contributed by atoms with Crippen LogP contribution >= 0.6 is 0 Å². The minimum Gasteiger partial charge on any atom is -0.378 e. The van der Waals surface area contributed by atoms with Crippen molar-refractivity contribution in [1.29, 1.82) is 0 Å². The van der Waals surface area contributed by atoms with Gasteiger partial charge in [-0.15, -0.1) is 0 Å². The van der Waals surface area contributed by atoms with Crippen LogP contribution in [0.5, 0.6) is 0 Å². The van der Waals surface area contributed by atoms with Crippen LogP contribution in [-0.4, -0.2) is 14.1 Å². The first-order valence-corrected chi connectivity index (χ1v) is 6.89. The number of hydrogen-bond acceptors (Lipinski definition) is 2. The lowest BCUT2D eigenvalue weighted by molar-refractivity contribution is 0.621. The Morgan fingerprint density at radius 2 is 1.80 bits per heavy atom. The van der Waals surface area contributed by atoms with E-state index in [4.69, 9.17) is 0 Å². The van der Waals surface area contributed by atoms with E-state index in [9.17, 15) is 4.39 Å². The van der Waals surface area contributed by atoms with Crippen molar-refractivity contribution in [3.05, 3.63) is 59.9 Å². The van der Waals surface area contributed by atoms with E-state index in [1.54, 1.807) is 12.1 Å². The Hall–Kier alpha value is -2.03. The van der Waals surface area contributed by atoms with E-state index in [1.807, 2.05) is 20.2 Å². The maximum Gasteiger partial charge on any atom is 0.123 e. The summed E-state index contributed by atoms with van der Waals surface area (Å²) in [7, 11) is 4.04. The van der Waals surface area contributed by atoms with Gasteiger partial charge in [-0.25, -0.2) is 4.39 Å². The standard InChI is InChI=1S/C17H21FN2/c1-4-17(13-6-5-7-14(18)12-13)19-15-8-10-16(11-9-15)20(2)3/h5-12,17,19H,4H2,1-3H3. The monoisotopic (exact) mass is 272 g/mol. The number of nitrogens with zero attached hydrogens (tertiary/aromatic N) is 1. The number of rotatable bonds is 5. The lowest BCUT2D eigenvalue weighted by Gasteiger charge is -2.20. The van der Waals surface area contributed by atoms with Gasteiger partial charge in [0.05, 0.1) is 6.04 Å². The summed E-state index contributed by atoms with van der Waals surface area (Å²) in [6.07, 6.45) is 0.902. The molecule has 0 spiro atoms. The molecular formula is C17H21FN2. The molecule has 1 unspecified atom stereocenters. The van der Waals surface area contributed by atoms with E-state index >= 15 is 0 Å². The maximum absolute atomic E-state index is 13.3. The third-order valence-electron chi connectivity index (χ3n) is 3.38. The molecule has 0 bridgehead atoms. The van der Waals surface area contributed by atoms with Gasteiger partial charge < -0.3 is 10.2 Å². The van der Waals surface area contributed by atoms with E-state index in [0.29, 0.717) is 0 Å². The Labute approximate surface area is 120 Å². The zero-order chi connectivity index (χ0) is 14.5. The van der Waals surface area contributed by atoms with Gasteiger partial charge in [0.15, 0.2) is 0 Å². The molecule has 2 aromatic rings. The van der Waals surface area contributed by atoms with Crippen LogP contribution in [0.1, 0.15) is 24.9 Å². The highest BCUT2D eigenvalue weighted by Crippen LogP contribution is 2.24. The van der Waals surface area contributed by atoms with E-state index in [2.05, 4.69) is 41.4 Å². The Morgan fingerprint density at radius 3 is 2.35 bits per heavy atom. The fourth-order valence-electron chi connectivity index (χ4n) is 2.20. The van der Waals surface area contributed by atoms with E-state index in [1.165, 1.54) is 6.07 Å². The Bertz CT molecular complexity index is 549. The minimum atomic E-state index is -0.189. The van der Waals surface area contributed by atoms with Crippen LogP contribution in [0.15, 0.2) is 48.5 Å². The van der Waals surface area contributed by atoms with E-state index in [-0.39, 0.29) is 11.9 Å². The smallest absolute Gasteiger partial charge is 0.123 e. The predicted octanol–water partition coefficient (Wildman–Crippen LogP) is 4.45. The maximum atomic E-state index is 13.3. The Morgan fingerprint density at radius 1 is 1.10 bits per heavy atom. The molecule has 106 valence electrons. The Balaban J connectivity index is 2.14. The van der Waals surface area contributed by atoms with Crippen LogP contribution in [0.2, 0.25) is 0 Å². The molecule has 2 rings (SSSR count). The summed E-state index contributed by atoms with van der Waals surface area (Å²) < 4.78 is 13.3. The molecule has 0 radical (unpaired) electrons. The summed E-state index contributed by atoms with van der Waals surface area (Å²) in [5.41, 5.74) is 3.19. The molecule has 0 fully saturated rings. The summed E-state index contributed by atoms with van der Waals surface area (Å²) in [6, 6.07) is 15.1. The van der Waals surface area contributed by atoms with Crippen molar-refractivity contribution in [3.8, 4) is 0 Å². The van der Waals surface area contributed by atoms with Crippen molar-refractivity contribution >= 4 is 11.4 Å². The largest absolute Gasteiger partial charge is 0.378 e. The second-order valence-corrected chi connectivity index (χ2v) is 5.10. The fraction of sp³-hybridized carbons (Fsp3) is 0.294. The molecule has 1 N–H and O–H groups in total. The van der Waals surface area contributed by atoms with E-state index in [0.717, 1.165) is 23.4 Å². The first-order valence-electron chi connectivity index (χ1n) is 6.89. The first-order chi connectivity index (χ1) is 9.60. The van der Waals surface area contributed by atoms with Crippen molar-refractivity contribution in [1.82, 2.24) is 0 Å². The average molecular weight is 272 g/mol. The number of nitrogens with one attached hydrogen (secondary N) is 1. The number of halogens is 1. The third-order valence-corrected chi connectivity index (χ3v) is 3.38. The minimum absolute atomic E-state index is 0.121. The third kappa shape index (κ3) is 3.50. The van der Waals surface area contributed by atoms with Crippen LogP contribution in [0.3, 0.4) is 0 Å². The molecule has 0 aliphatic rings. The second-order valence-electron chi connectivity index (χ2n) is 5.10. The number of anilines is 2. The van der Waals surface area contributed by atoms with Gasteiger partial charge in [-0.2, -0.15) is 0 Å². The molecule has 0 heterocycles. The molecule has 0 amide bonds. The average Bonchev–Trinajstić information content (AvgIpc) is 2.45. The molecule has 0 saturated heterocycles. The number of benzene rings is 2. The lowest BCUT2D eigenvalue weighted by Crippen LogP contribution is -2.11. The van der Waals surface area contributed by atoms with Gasteiger partial charge in [0.2, 0.25) is 0 Å². The molecule has 0 aromatic heterocycles. The quantitative estimate of drug-likeness (QED) is 0.864. The van der Waals surface area contributed by atoms with Gasteiger partial charge in [0, 0.05) is 25.5 Å². The van der Waals surface area contributed by atoms with Crippen molar-refractivity contribution < 1.29 is 4.39 Å². The molecule has 0 saturated carbocycles. The highest BCUT2D eigenvalue weighted by molar-refractivity contribution is 5.55. The van der Waals surface area contributed by atoms with Crippen molar-refractivity contribution in [2.45, 2.75) is 19.4 Å². The first kappa shape index (κ1) is 14.4. The zero-order valence-electron chi connectivity index (χ0n) is 12.2. The van der Waals surface area contributed by atoms with Crippen LogP contribution in [0, 0.1) is 5.82 Å². The predicted molar refractivity (Wildman–Crippen MR) is 83.8 cm³/mol. The van der Waals surface area contributed by atoms with Crippen molar-refractivity contribution in [3.63, 3.8) is 0 Å². The van der Waals surface area contributed by atoms with Gasteiger partial charge in [-0.1, -0.05) is 19.1 Å². The fourth-order valence-corrected chi connectivity index (χ4v) is 2.20. The molecule has 2 nitrogen and oxygen atoms in total. The van der Waals surface area contributed by atoms with Gasteiger partial charge in [0.25, 0.3) is 0 Å². The molecule has 2 aromatic carbocycles. The van der Waals surface area contributed by atoms with Crippen molar-refractivity contribution in [2.24, 2.45) is 0 Å². The van der Waals surface area contributed by atoms with Crippen LogP contribution < -0.4 is 10.2 Å². The topological polar surface area (TPSA) is 15.3 Å². The molecule has 0 aliphatic heterocycles. The van der Waals surface area contributed by atoms with Gasteiger partial charge in [0.1, 0.15) is 5.82 Å². The summed E-state index contributed by atoms with van der Waals surface area (Å²) in [5, 5.41) is 3.45.